The number of alkyl halides is 3. The second-order valence-corrected chi connectivity index (χ2v) is 9.48. The maximum atomic E-state index is 15.1. The number of anilines is 2. The van der Waals surface area contributed by atoms with Crippen LogP contribution in [0.4, 0.5) is 33.7 Å². The molecule has 2 aliphatic heterocycles. The lowest BCUT2D eigenvalue weighted by Gasteiger charge is -2.32. The molecule has 2 saturated heterocycles. The third-order valence-corrected chi connectivity index (χ3v) is 7.22. The molecule has 2 aromatic carbocycles. The fraction of sp³-hybridized carbons (Fsp3) is 0.423. The fourth-order valence-corrected chi connectivity index (χ4v) is 5.46. The van der Waals surface area contributed by atoms with Crippen molar-refractivity contribution < 1.29 is 31.9 Å². The molecule has 0 spiro atoms. The number of carbonyl (C=O) groups is 2. The Balaban J connectivity index is 1.47. The van der Waals surface area contributed by atoms with Gasteiger partial charge in [0, 0.05) is 18.0 Å². The van der Waals surface area contributed by atoms with Crippen LogP contribution in [-0.2, 0) is 10.9 Å². The van der Waals surface area contributed by atoms with Crippen LogP contribution in [0.25, 0.3) is 0 Å². The lowest BCUT2D eigenvalue weighted by atomic mass is 9.89. The van der Waals surface area contributed by atoms with Crippen LogP contribution in [0.5, 0.6) is 0 Å². The molecule has 1 N–H and O–H groups in total. The molecule has 2 heterocycles. The van der Waals surface area contributed by atoms with Gasteiger partial charge in [0.25, 0.3) is 5.91 Å². The highest BCUT2D eigenvalue weighted by molar-refractivity contribution is 6.08. The van der Waals surface area contributed by atoms with Crippen molar-refractivity contribution in [1.82, 2.24) is 5.32 Å². The van der Waals surface area contributed by atoms with Crippen LogP contribution >= 0.6 is 0 Å². The lowest BCUT2D eigenvalue weighted by Crippen LogP contribution is -2.40. The van der Waals surface area contributed by atoms with Crippen molar-refractivity contribution in [2.75, 3.05) is 23.0 Å². The van der Waals surface area contributed by atoms with Crippen LogP contribution in [0.2, 0.25) is 0 Å². The van der Waals surface area contributed by atoms with E-state index in [0.29, 0.717) is 32.5 Å². The first kappa shape index (κ1) is 25.0. The number of nitrogens with one attached hydrogen (secondary N) is 1. The summed E-state index contributed by atoms with van der Waals surface area (Å²) in [7, 11) is 0. The van der Waals surface area contributed by atoms with Gasteiger partial charge in [-0.3, -0.25) is 14.6 Å². The third-order valence-electron chi connectivity index (χ3n) is 7.22. The van der Waals surface area contributed by atoms with Crippen LogP contribution in [0, 0.1) is 17.1 Å². The zero-order valence-electron chi connectivity index (χ0n) is 19.7. The predicted molar refractivity (Wildman–Crippen MR) is 126 cm³/mol. The second kappa shape index (κ2) is 9.67. The van der Waals surface area contributed by atoms with E-state index in [2.05, 4.69) is 5.32 Å². The van der Waals surface area contributed by atoms with E-state index in [1.54, 1.807) is 6.07 Å². The van der Waals surface area contributed by atoms with Gasteiger partial charge in [0.1, 0.15) is 5.82 Å². The molecule has 3 atom stereocenters. The maximum Gasteiger partial charge on any atom is 0.417 e. The molecule has 0 aromatic heterocycles. The Morgan fingerprint density at radius 2 is 1.68 bits per heavy atom. The number of halogens is 4. The molecule has 2 aromatic rings. The average Bonchev–Trinajstić information content (AvgIpc) is 3.48. The molecule has 7 nitrogen and oxygen atoms in total. The highest BCUT2D eigenvalue weighted by Gasteiger charge is 2.48. The van der Waals surface area contributed by atoms with Gasteiger partial charge >= 0.3 is 12.2 Å². The Morgan fingerprint density at radius 3 is 2.24 bits per heavy atom. The van der Waals surface area contributed by atoms with Crippen LogP contribution in [0.3, 0.4) is 0 Å². The first-order chi connectivity index (χ1) is 17.7. The fourth-order valence-electron chi connectivity index (χ4n) is 5.46. The quantitative estimate of drug-likeness (QED) is 0.580. The van der Waals surface area contributed by atoms with Crippen molar-refractivity contribution in [3.05, 3.63) is 58.9 Å². The van der Waals surface area contributed by atoms with Crippen LogP contribution in [0.15, 0.2) is 36.4 Å². The summed E-state index contributed by atoms with van der Waals surface area (Å²) in [4.78, 5) is 28.9. The summed E-state index contributed by atoms with van der Waals surface area (Å²) < 4.78 is 61.1. The molecule has 0 unspecified atom stereocenters. The molecule has 5 rings (SSSR count). The number of fused-ring (bicyclic) bond motifs is 1. The first-order valence-corrected chi connectivity index (χ1v) is 12.1. The topological polar surface area (TPSA) is 85.7 Å². The van der Waals surface area contributed by atoms with E-state index < -0.39 is 41.1 Å². The number of amides is 3. The highest BCUT2D eigenvalue weighted by atomic mass is 19.4. The Morgan fingerprint density at radius 1 is 1.03 bits per heavy atom. The monoisotopic (exact) mass is 516 g/mol. The largest absolute Gasteiger partial charge is 0.417 e. The Kier molecular flexibility index (Phi) is 6.54. The van der Waals surface area contributed by atoms with Crippen LogP contribution in [0.1, 0.15) is 53.6 Å². The standard InChI is InChI=1S/C26H24F4N4O3/c27-21-12-18(7-8-19(21)24(35)32-16-9-10-37-14-16)34-23-4-2-1-3-22(23)33(25(34)36)17-6-5-15(13-31)20(11-17)26(28,29)30/h5-8,11-12,16,22-23H,1-4,9-10,14H2,(H,32,35)/t16-,22-,23-/m0/s1. The van der Waals surface area contributed by atoms with E-state index >= 15 is 4.39 Å². The number of ether oxygens (including phenoxy) is 1. The molecular formula is C26H24F4N4O3. The summed E-state index contributed by atoms with van der Waals surface area (Å²) in [5, 5.41) is 11.9. The van der Waals surface area contributed by atoms with Crippen molar-refractivity contribution in [2.45, 2.75) is 56.4 Å². The van der Waals surface area contributed by atoms with Crippen molar-refractivity contribution in [1.29, 1.82) is 5.26 Å². The van der Waals surface area contributed by atoms with Crippen LogP contribution in [-0.4, -0.2) is 43.3 Å². The molecule has 11 heteroatoms. The summed E-state index contributed by atoms with van der Waals surface area (Å²) in [6.07, 6.45) is -1.36. The number of urea groups is 1. The number of carbonyl (C=O) groups excluding carboxylic acids is 2. The highest BCUT2D eigenvalue weighted by Crippen LogP contribution is 2.42. The minimum Gasteiger partial charge on any atom is -0.379 e. The molecular weight excluding hydrogens is 492 g/mol. The predicted octanol–water partition coefficient (Wildman–Crippen LogP) is 4.99. The molecule has 1 aliphatic carbocycles. The van der Waals surface area contributed by atoms with Gasteiger partial charge in [0.2, 0.25) is 0 Å². The molecule has 0 radical (unpaired) electrons. The van der Waals surface area contributed by atoms with E-state index in [1.807, 2.05) is 0 Å². The Labute approximate surface area is 210 Å². The molecule has 0 bridgehead atoms. The molecule has 3 fully saturated rings. The van der Waals surface area contributed by atoms with Gasteiger partial charge in [-0.25, -0.2) is 9.18 Å². The van der Waals surface area contributed by atoms with E-state index in [4.69, 9.17) is 10.00 Å². The SMILES string of the molecule is N#Cc1ccc(N2C(=O)N(c3ccc(C(=O)N[C@H]4CCOC4)c(F)c3)[C@H]3CCCC[C@@H]32)cc1C(F)(F)F. The summed E-state index contributed by atoms with van der Waals surface area (Å²) >= 11 is 0. The number of nitrogens with zero attached hydrogens (tertiary/aromatic N) is 3. The second-order valence-electron chi connectivity index (χ2n) is 9.48. The van der Waals surface area contributed by atoms with E-state index in [1.165, 1.54) is 28.0 Å². The number of hydrogen-bond donors (Lipinski definition) is 1. The molecule has 3 aliphatic rings. The number of benzene rings is 2. The van der Waals surface area contributed by atoms with Crippen molar-refractivity contribution in [3.8, 4) is 6.07 Å². The van der Waals surface area contributed by atoms with Crippen molar-refractivity contribution in [3.63, 3.8) is 0 Å². The molecule has 3 amide bonds. The minimum absolute atomic E-state index is 0.0333. The summed E-state index contributed by atoms with van der Waals surface area (Å²) in [6, 6.07) is 7.13. The smallest absolute Gasteiger partial charge is 0.379 e. The van der Waals surface area contributed by atoms with Crippen molar-refractivity contribution >= 4 is 23.3 Å². The zero-order valence-corrected chi connectivity index (χ0v) is 19.7. The van der Waals surface area contributed by atoms with E-state index in [0.717, 1.165) is 31.0 Å². The summed E-state index contributed by atoms with van der Waals surface area (Å²) in [5.74, 6) is -1.38. The number of nitriles is 1. The van der Waals surface area contributed by atoms with Gasteiger partial charge in [-0.2, -0.15) is 18.4 Å². The average molecular weight is 516 g/mol. The van der Waals surface area contributed by atoms with Gasteiger partial charge < -0.3 is 10.1 Å². The Hall–Kier alpha value is -3.65. The number of hydrogen-bond acceptors (Lipinski definition) is 4. The Bertz CT molecular complexity index is 1270. The third kappa shape index (κ3) is 4.62. The van der Waals surface area contributed by atoms with E-state index in [-0.39, 0.29) is 29.0 Å². The molecule has 194 valence electrons. The summed E-state index contributed by atoms with van der Waals surface area (Å²) in [5.41, 5.74) is -1.54. The molecule has 37 heavy (non-hydrogen) atoms. The maximum absolute atomic E-state index is 15.1. The summed E-state index contributed by atoms with van der Waals surface area (Å²) in [6.45, 7) is 0.879. The van der Waals surface area contributed by atoms with Gasteiger partial charge in [-0.05, 0) is 55.7 Å². The first-order valence-electron chi connectivity index (χ1n) is 12.1. The normalized spacial score (nSPS) is 23.6. The lowest BCUT2D eigenvalue weighted by molar-refractivity contribution is -0.137. The number of rotatable bonds is 4. The van der Waals surface area contributed by atoms with E-state index in [9.17, 15) is 22.8 Å². The van der Waals surface area contributed by atoms with Crippen molar-refractivity contribution in [2.24, 2.45) is 0 Å². The van der Waals surface area contributed by atoms with Gasteiger partial charge in [-0.1, -0.05) is 12.8 Å². The van der Waals surface area contributed by atoms with Gasteiger partial charge in [-0.15, -0.1) is 0 Å². The minimum atomic E-state index is -4.76. The van der Waals surface area contributed by atoms with Gasteiger partial charge in [0.15, 0.2) is 0 Å². The van der Waals surface area contributed by atoms with Crippen LogP contribution < -0.4 is 15.1 Å². The van der Waals surface area contributed by atoms with Gasteiger partial charge in [0.05, 0.1) is 47.5 Å². The zero-order chi connectivity index (χ0) is 26.3. The molecule has 1 saturated carbocycles.